The molecule has 19 heavy (non-hydrogen) atoms. The lowest BCUT2D eigenvalue weighted by Gasteiger charge is -2.32. The molecule has 2 rings (SSSR count). The molecule has 0 bridgehead atoms. The molecule has 0 atom stereocenters. The maximum Gasteiger partial charge on any atom is 0.225 e. The van der Waals surface area contributed by atoms with E-state index in [-0.39, 0.29) is 0 Å². The number of halogens is 1. The molecular weight excluding hydrogens is 260 g/mol. The van der Waals surface area contributed by atoms with E-state index in [4.69, 9.17) is 11.6 Å². The van der Waals surface area contributed by atoms with E-state index >= 15 is 0 Å². The van der Waals surface area contributed by atoms with Crippen LogP contribution in [0.5, 0.6) is 0 Å². The molecule has 1 aliphatic rings. The molecule has 1 aromatic heterocycles. The zero-order valence-corrected chi connectivity index (χ0v) is 12.5. The Morgan fingerprint density at radius 1 is 1.32 bits per heavy atom. The fourth-order valence-corrected chi connectivity index (χ4v) is 2.48. The molecule has 1 aliphatic heterocycles. The largest absolute Gasteiger partial charge is 0.341 e. The molecule has 0 unspecified atom stereocenters. The second-order valence-electron chi connectivity index (χ2n) is 5.68. The summed E-state index contributed by atoms with van der Waals surface area (Å²) in [5.74, 6) is 2.31. The average molecular weight is 283 g/mol. The minimum Gasteiger partial charge on any atom is -0.341 e. The highest BCUT2D eigenvalue weighted by molar-refractivity contribution is 6.30. The highest BCUT2D eigenvalue weighted by atomic mass is 35.5. The second-order valence-corrected chi connectivity index (χ2v) is 6.12. The van der Waals surface area contributed by atoms with Crippen LogP contribution in [0.2, 0.25) is 5.02 Å². The van der Waals surface area contributed by atoms with Crippen molar-refractivity contribution in [2.75, 3.05) is 31.1 Å². The predicted molar refractivity (Wildman–Crippen MR) is 79.7 cm³/mol. The molecule has 0 spiro atoms. The lowest BCUT2D eigenvalue weighted by atomic mass is 9.97. The Morgan fingerprint density at radius 2 is 1.95 bits per heavy atom. The minimum absolute atomic E-state index is 0.594. The van der Waals surface area contributed by atoms with Gasteiger partial charge >= 0.3 is 0 Å². The molecule has 1 N–H and O–H groups in total. The summed E-state index contributed by atoms with van der Waals surface area (Å²) in [6, 6.07) is 0. The quantitative estimate of drug-likeness (QED) is 0.901. The van der Waals surface area contributed by atoms with Gasteiger partial charge in [-0.1, -0.05) is 25.4 Å². The first-order valence-electron chi connectivity index (χ1n) is 7.08. The summed E-state index contributed by atoms with van der Waals surface area (Å²) in [5, 5.41) is 4.14. The first kappa shape index (κ1) is 14.5. The van der Waals surface area contributed by atoms with Crippen LogP contribution < -0.4 is 10.2 Å². The molecular formula is C14H23ClN4. The number of anilines is 1. The number of nitrogens with zero attached hydrogens (tertiary/aromatic N) is 3. The van der Waals surface area contributed by atoms with Crippen LogP contribution in [0.15, 0.2) is 12.4 Å². The number of nitrogens with one attached hydrogen (secondary N) is 1. The van der Waals surface area contributed by atoms with E-state index in [0.29, 0.717) is 5.02 Å². The monoisotopic (exact) mass is 282 g/mol. The molecule has 0 radical (unpaired) electrons. The van der Waals surface area contributed by atoms with Gasteiger partial charge in [-0.3, -0.25) is 0 Å². The van der Waals surface area contributed by atoms with Gasteiger partial charge in [0.2, 0.25) is 5.95 Å². The van der Waals surface area contributed by atoms with Gasteiger partial charge in [-0.15, -0.1) is 0 Å². The average Bonchev–Trinajstić information content (AvgIpc) is 2.40. The van der Waals surface area contributed by atoms with E-state index in [1.165, 1.54) is 12.8 Å². The molecule has 106 valence electrons. The first-order valence-corrected chi connectivity index (χ1v) is 7.46. The van der Waals surface area contributed by atoms with Gasteiger partial charge in [0.25, 0.3) is 0 Å². The summed E-state index contributed by atoms with van der Waals surface area (Å²) in [5.41, 5.74) is 0. The van der Waals surface area contributed by atoms with Crippen molar-refractivity contribution in [1.82, 2.24) is 15.3 Å². The van der Waals surface area contributed by atoms with Gasteiger partial charge in [0, 0.05) is 13.1 Å². The topological polar surface area (TPSA) is 41.0 Å². The van der Waals surface area contributed by atoms with Crippen molar-refractivity contribution in [1.29, 1.82) is 0 Å². The molecule has 4 nitrogen and oxygen atoms in total. The first-order chi connectivity index (χ1) is 9.15. The van der Waals surface area contributed by atoms with Crippen LogP contribution in [0.4, 0.5) is 5.95 Å². The van der Waals surface area contributed by atoms with Gasteiger partial charge in [-0.05, 0) is 37.8 Å². The van der Waals surface area contributed by atoms with Crippen LogP contribution in [0, 0.1) is 11.8 Å². The molecule has 0 saturated carbocycles. The summed E-state index contributed by atoms with van der Waals surface area (Å²) < 4.78 is 0. The van der Waals surface area contributed by atoms with Crippen molar-refractivity contribution in [3.05, 3.63) is 17.4 Å². The standard InChI is InChI=1S/C14H23ClN4/c1-11(2)7-16-8-12-3-5-19(6-4-12)14-17-9-13(15)10-18-14/h9-12,16H,3-8H2,1-2H3. The summed E-state index contributed by atoms with van der Waals surface area (Å²) >= 11 is 5.80. The molecule has 1 saturated heterocycles. The lowest BCUT2D eigenvalue weighted by molar-refractivity contribution is 0.372. The number of rotatable bonds is 5. The summed E-state index contributed by atoms with van der Waals surface area (Å²) in [4.78, 5) is 10.8. The van der Waals surface area contributed by atoms with Crippen LogP contribution >= 0.6 is 11.6 Å². The fourth-order valence-electron chi connectivity index (χ4n) is 2.38. The molecule has 1 aromatic rings. The number of hydrogen-bond acceptors (Lipinski definition) is 4. The van der Waals surface area contributed by atoms with Gasteiger partial charge in [0.05, 0.1) is 17.4 Å². The van der Waals surface area contributed by atoms with Crippen molar-refractivity contribution in [3.8, 4) is 0 Å². The predicted octanol–water partition coefficient (Wildman–Crippen LogP) is 2.59. The molecule has 1 fully saturated rings. The van der Waals surface area contributed by atoms with Crippen molar-refractivity contribution < 1.29 is 0 Å². The van der Waals surface area contributed by atoms with Crippen LogP contribution in [0.25, 0.3) is 0 Å². The Morgan fingerprint density at radius 3 is 2.53 bits per heavy atom. The Hall–Kier alpha value is -0.870. The second kappa shape index (κ2) is 7.06. The van der Waals surface area contributed by atoms with Crippen molar-refractivity contribution in [2.24, 2.45) is 11.8 Å². The molecule has 5 heteroatoms. The summed E-state index contributed by atoms with van der Waals surface area (Å²) in [6.07, 6.45) is 5.74. The normalized spacial score (nSPS) is 17.2. The van der Waals surface area contributed by atoms with E-state index in [1.54, 1.807) is 12.4 Å². The molecule has 0 aliphatic carbocycles. The number of piperidine rings is 1. The number of aromatic nitrogens is 2. The van der Waals surface area contributed by atoms with Gasteiger partial charge in [-0.2, -0.15) is 0 Å². The van der Waals surface area contributed by atoms with E-state index in [9.17, 15) is 0 Å². The van der Waals surface area contributed by atoms with Gasteiger partial charge in [-0.25, -0.2) is 9.97 Å². The van der Waals surface area contributed by atoms with Crippen LogP contribution in [0.1, 0.15) is 26.7 Å². The van der Waals surface area contributed by atoms with E-state index in [2.05, 4.69) is 34.0 Å². The SMILES string of the molecule is CC(C)CNCC1CCN(c2ncc(Cl)cn2)CC1. The molecule has 0 amide bonds. The summed E-state index contributed by atoms with van der Waals surface area (Å²) in [6.45, 7) is 8.81. The maximum absolute atomic E-state index is 5.80. The van der Waals surface area contributed by atoms with E-state index < -0.39 is 0 Å². The Bertz CT molecular complexity index is 372. The zero-order chi connectivity index (χ0) is 13.7. The van der Waals surface area contributed by atoms with Gasteiger partial charge in [0.15, 0.2) is 0 Å². The third-order valence-electron chi connectivity index (χ3n) is 3.49. The lowest BCUT2D eigenvalue weighted by Crippen LogP contribution is -2.38. The third kappa shape index (κ3) is 4.62. The maximum atomic E-state index is 5.80. The smallest absolute Gasteiger partial charge is 0.225 e. The van der Waals surface area contributed by atoms with Crippen molar-refractivity contribution in [3.63, 3.8) is 0 Å². The van der Waals surface area contributed by atoms with Crippen molar-refractivity contribution in [2.45, 2.75) is 26.7 Å². The Labute approximate surface area is 120 Å². The van der Waals surface area contributed by atoms with Gasteiger partial charge < -0.3 is 10.2 Å². The van der Waals surface area contributed by atoms with Crippen LogP contribution in [-0.4, -0.2) is 36.1 Å². The zero-order valence-electron chi connectivity index (χ0n) is 11.8. The fraction of sp³-hybridized carbons (Fsp3) is 0.714. The minimum atomic E-state index is 0.594. The highest BCUT2D eigenvalue weighted by Gasteiger charge is 2.20. The Kier molecular flexibility index (Phi) is 5.40. The summed E-state index contributed by atoms with van der Waals surface area (Å²) in [7, 11) is 0. The molecule has 2 heterocycles. The Balaban J connectivity index is 1.74. The van der Waals surface area contributed by atoms with Crippen molar-refractivity contribution >= 4 is 17.5 Å². The highest BCUT2D eigenvalue weighted by Crippen LogP contribution is 2.20. The van der Waals surface area contributed by atoms with E-state index in [1.807, 2.05) is 0 Å². The molecule has 0 aromatic carbocycles. The number of hydrogen-bond donors (Lipinski definition) is 1. The van der Waals surface area contributed by atoms with E-state index in [0.717, 1.165) is 44.0 Å². The van der Waals surface area contributed by atoms with Crippen LogP contribution in [-0.2, 0) is 0 Å². The van der Waals surface area contributed by atoms with Gasteiger partial charge in [0.1, 0.15) is 0 Å². The third-order valence-corrected chi connectivity index (χ3v) is 3.68. The van der Waals surface area contributed by atoms with Crippen LogP contribution in [0.3, 0.4) is 0 Å².